The Morgan fingerprint density at radius 1 is 1.29 bits per heavy atom. The number of anilines is 5. The van der Waals surface area contributed by atoms with Gasteiger partial charge in [-0.25, -0.2) is 9.37 Å². The second kappa shape index (κ2) is 8.05. The Morgan fingerprint density at radius 3 is 2.75 bits per heavy atom. The topological polar surface area (TPSA) is 96.8 Å². The van der Waals surface area contributed by atoms with Gasteiger partial charge in [0.05, 0.1) is 29.5 Å². The molecule has 1 amide bonds. The normalized spacial score (nSPS) is 10.4. The summed E-state index contributed by atoms with van der Waals surface area (Å²) in [6.07, 6.45) is 4.16. The molecule has 3 N–H and O–H groups in total. The van der Waals surface area contributed by atoms with Gasteiger partial charge in [0.25, 0.3) is 0 Å². The molecule has 0 bridgehead atoms. The highest BCUT2D eigenvalue weighted by Crippen LogP contribution is 2.28. The minimum Gasteiger partial charge on any atom is -0.336 e. The first-order chi connectivity index (χ1) is 13.4. The van der Waals surface area contributed by atoms with Crippen molar-refractivity contribution >= 4 is 46.3 Å². The lowest BCUT2D eigenvalue weighted by atomic mass is 10.2. The fourth-order valence-corrected chi connectivity index (χ4v) is 2.41. The standard InChI is InChI=1S/C18H17ClFN7O/c1-4-16(28)23-11-5-6-13(20)14(7-11)24-17-12(19)8-21-18(26-17)25-15-9-22-27(3)10(15)2/h4-9H,1H2,2-3H3,(H,23,28)(H2,21,24,25,26). The maximum atomic E-state index is 14.2. The Labute approximate surface area is 165 Å². The number of amides is 1. The Kier molecular flexibility index (Phi) is 5.55. The predicted octanol–water partition coefficient (Wildman–Crippen LogP) is 3.92. The summed E-state index contributed by atoms with van der Waals surface area (Å²) in [6.45, 7) is 5.27. The first-order valence-electron chi connectivity index (χ1n) is 8.15. The first kappa shape index (κ1) is 19.3. The van der Waals surface area contributed by atoms with Crippen molar-refractivity contribution in [3.63, 3.8) is 0 Å². The molecule has 2 aromatic heterocycles. The van der Waals surface area contributed by atoms with E-state index in [1.807, 2.05) is 14.0 Å². The van der Waals surface area contributed by atoms with Crippen LogP contribution in [0.3, 0.4) is 0 Å². The quantitative estimate of drug-likeness (QED) is 0.542. The summed E-state index contributed by atoms with van der Waals surface area (Å²) in [4.78, 5) is 19.8. The number of carbonyl (C=O) groups is 1. The highest BCUT2D eigenvalue weighted by Gasteiger charge is 2.12. The lowest BCUT2D eigenvalue weighted by molar-refractivity contribution is -0.111. The van der Waals surface area contributed by atoms with E-state index in [-0.39, 0.29) is 22.5 Å². The number of benzene rings is 1. The van der Waals surface area contributed by atoms with Crippen LogP contribution in [-0.4, -0.2) is 25.7 Å². The number of hydrogen-bond acceptors (Lipinski definition) is 6. The molecule has 8 nitrogen and oxygen atoms in total. The van der Waals surface area contributed by atoms with Crippen LogP contribution in [0.1, 0.15) is 5.69 Å². The molecule has 0 aliphatic carbocycles. The third-order valence-electron chi connectivity index (χ3n) is 3.90. The predicted molar refractivity (Wildman–Crippen MR) is 107 cm³/mol. The number of hydrogen-bond donors (Lipinski definition) is 3. The van der Waals surface area contributed by atoms with Crippen molar-refractivity contribution in [1.29, 1.82) is 0 Å². The average Bonchev–Trinajstić information content (AvgIpc) is 2.99. The van der Waals surface area contributed by atoms with Crippen LogP contribution >= 0.6 is 11.6 Å². The van der Waals surface area contributed by atoms with Crippen LogP contribution in [-0.2, 0) is 11.8 Å². The minimum absolute atomic E-state index is 0.0889. The summed E-state index contributed by atoms with van der Waals surface area (Å²) in [7, 11) is 1.82. The highest BCUT2D eigenvalue weighted by atomic mass is 35.5. The molecular formula is C18H17ClFN7O. The summed E-state index contributed by atoms with van der Waals surface area (Å²) < 4.78 is 15.9. The highest BCUT2D eigenvalue weighted by molar-refractivity contribution is 6.32. The molecule has 1 aromatic carbocycles. The summed E-state index contributed by atoms with van der Waals surface area (Å²) >= 11 is 6.15. The van der Waals surface area contributed by atoms with Crippen molar-refractivity contribution in [3.8, 4) is 0 Å². The zero-order chi connectivity index (χ0) is 20.3. The van der Waals surface area contributed by atoms with Gasteiger partial charge in [-0.1, -0.05) is 18.2 Å². The van der Waals surface area contributed by atoms with E-state index in [1.165, 1.54) is 24.4 Å². The molecule has 3 rings (SSSR count). The van der Waals surface area contributed by atoms with Gasteiger partial charge in [0.15, 0.2) is 5.82 Å². The van der Waals surface area contributed by atoms with Gasteiger partial charge in [-0.3, -0.25) is 9.48 Å². The van der Waals surface area contributed by atoms with Gasteiger partial charge < -0.3 is 16.0 Å². The molecule has 0 unspecified atom stereocenters. The molecule has 0 saturated carbocycles. The van der Waals surface area contributed by atoms with Crippen LogP contribution in [0.4, 0.5) is 33.2 Å². The molecule has 3 aromatic rings. The van der Waals surface area contributed by atoms with Crippen molar-refractivity contribution in [2.24, 2.45) is 7.05 Å². The summed E-state index contributed by atoms with van der Waals surface area (Å²) in [5, 5.41) is 12.8. The number of aryl methyl sites for hydroxylation is 1. The van der Waals surface area contributed by atoms with E-state index < -0.39 is 11.7 Å². The summed E-state index contributed by atoms with van der Waals surface area (Å²) in [5.74, 6) is -0.480. The molecular weight excluding hydrogens is 385 g/mol. The first-order valence-corrected chi connectivity index (χ1v) is 8.53. The average molecular weight is 402 g/mol. The smallest absolute Gasteiger partial charge is 0.247 e. The van der Waals surface area contributed by atoms with E-state index >= 15 is 0 Å². The molecule has 0 spiro atoms. The number of carbonyl (C=O) groups excluding carboxylic acids is 1. The molecule has 144 valence electrons. The molecule has 0 saturated heterocycles. The fourth-order valence-electron chi connectivity index (χ4n) is 2.28. The molecule has 0 aliphatic rings. The Morgan fingerprint density at radius 2 is 2.07 bits per heavy atom. The second-order valence-corrected chi connectivity index (χ2v) is 6.20. The van der Waals surface area contributed by atoms with Crippen LogP contribution in [0.5, 0.6) is 0 Å². The molecule has 28 heavy (non-hydrogen) atoms. The minimum atomic E-state index is -0.538. The largest absolute Gasteiger partial charge is 0.336 e. The Bertz CT molecular complexity index is 1050. The van der Waals surface area contributed by atoms with E-state index in [4.69, 9.17) is 11.6 Å². The van der Waals surface area contributed by atoms with Crippen LogP contribution in [0.15, 0.2) is 43.2 Å². The zero-order valence-electron chi connectivity index (χ0n) is 15.1. The maximum absolute atomic E-state index is 14.2. The third-order valence-corrected chi connectivity index (χ3v) is 4.17. The number of aromatic nitrogens is 4. The van der Waals surface area contributed by atoms with E-state index in [9.17, 15) is 9.18 Å². The fraction of sp³-hybridized carbons (Fsp3) is 0.111. The number of rotatable bonds is 6. The van der Waals surface area contributed by atoms with Crippen LogP contribution in [0.2, 0.25) is 5.02 Å². The number of nitrogens with zero attached hydrogens (tertiary/aromatic N) is 4. The molecule has 2 heterocycles. The molecule has 10 heteroatoms. The number of nitrogens with one attached hydrogen (secondary N) is 3. The van der Waals surface area contributed by atoms with E-state index in [0.29, 0.717) is 5.69 Å². The molecule has 0 atom stereocenters. The van der Waals surface area contributed by atoms with Gasteiger partial charge in [-0.2, -0.15) is 10.1 Å². The van der Waals surface area contributed by atoms with Crippen LogP contribution < -0.4 is 16.0 Å². The summed E-state index contributed by atoms with van der Waals surface area (Å²) in [6, 6.07) is 4.07. The van der Waals surface area contributed by atoms with Gasteiger partial charge >= 0.3 is 0 Å². The zero-order valence-corrected chi connectivity index (χ0v) is 15.9. The monoisotopic (exact) mass is 401 g/mol. The van der Waals surface area contributed by atoms with E-state index in [2.05, 4.69) is 37.6 Å². The SMILES string of the molecule is C=CC(=O)Nc1ccc(F)c(Nc2nc(Nc3cnn(C)c3C)ncc2Cl)c1. The lowest BCUT2D eigenvalue weighted by Gasteiger charge is -2.12. The van der Waals surface area contributed by atoms with Gasteiger partial charge in [0, 0.05) is 12.7 Å². The van der Waals surface area contributed by atoms with E-state index in [0.717, 1.165) is 17.5 Å². The Balaban J connectivity index is 1.86. The number of halogens is 2. The maximum Gasteiger partial charge on any atom is 0.247 e. The van der Waals surface area contributed by atoms with Crippen molar-refractivity contribution in [2.45, 2.75) is 6.92 Å². The summed E-state index contributed by atoms with van der Waals surface area (Å²) in [5.41, 5.74) is 2.11. The molecule has 0 radical (unpaired) electrons. The van der Waals surface area contributed by atoms with Crippen molar-refractivity contribution in [3.05, 3.63) is 59.8 Å². The van der Waals surface area contributed by atoms with Crippen molar-refractivity contribution < 1.29 is 9.18 Å². The van der Waals surface area contributed by atoms with Crippen molar-refractivity contribution in [2.75, 3.05) is 16.0 Å². The molecule has 0 aliphatic heterocycles. The second-order valence-electron chi connectivity index (χ2n) is 5.80. The van der Waals surface area contributed by atoms with Crippen LogP contribution in [0.25, 0.3) is 0 Å². The third kappa shape index (κ3) is 4.26. The van der Waals surface area contributed by atoms with Gasteiger partial charge in [0.2, 0.25) is 11.9 Å². The van der Waals surface area contributed by atoms with E-state index in [1.54, 1.807) is 10.9 Å². The van der Waals surface area contributed by atoms with Crippen LogP contribution in [0, 0.1) is 12.7 Å². The van der Waals surface area contributed by atoms with Gasteiger partial charge in [0.1, 0.15) is 10.8 Å². The Hall–Kier alpha value is -3.46. The van der Waals surface area contributed by atoms with Crippen molar-refractivity contribution in [1.82, 2.24) is 19.7 Å². The van der Waals surface area contributed by atoms with Gasteiger partial charge in [-0.05, 0) is 31.2 Å². The lowest BCUT2D eigenvalue weighted by Crippen LogP contribution is -2.08. The van der Waals surface area contributed by atoms with Gasteiger partial charge in [-0.15, -0.1) is 0 Å². The molecule has 0 fully saturated rings.